The fraction of sp³-hybridized carbons (Fsp3) is 0.300. The first-order valence-electron chi connectivity index (χ1n) is 4.44. The van der Waals surface area contributed by atoms with Crippen LogP contribution in [0.5, 0.6) is 0 Å². The van der Waals surface area contributed by atoms with Crippen molar-refractivity contribution in [1.82, 2.24) is 0 Å². The van der Waals surface area contributed by atoms with Crippen LogP contribution in [0.4, 0.5) is 26.3 Å². The molecule has 0 heterocycles. The number of nitrogens with zero attached hydrogens (tertiary/aromatic N) is 1. The van der Waals surface area contributed by atoms with Crippen molar-refractivity contribution in [3.05, 3.63) is 34.4 Å². The Labute approximate surface area is 97.1 Å². The van der Waals surface area contributed by atoms with Crippen molar-refractivity contribution in [2.75, 3.05) is 0 Å². The lowest BCUT2D eigenvalue weighted by molar-refractivity contribution is -0.145. The van der Waals surface area contributed by atoms with Gasteiger partial charge in [-0.15, -0.1) is 0 Å². The highest BCUT2D eigenvalue weighted by Crippen LogP contribution is 2.41. The molecule has 0 spiro atoms. The van der Waals surface area contributed by atoms with Crippen LogP contribution in [-0.4, -0.2) is 5.11 Å². The Hall–Kier alpha value is -1.75. The van der Waals surface area contributed by atoms with Crippen molar-refractivity contribution in [1.29, 1.82) is 5.26 Å². The van der Waals surface area contributed by atoms with Crippen molar-refractivity contribution >= 4 is 0 Å². The van der Waals surface area contributed by atoms with E-state index in [1.165, 1.54) is 0 Å². The normalized spacial score (nSPS) is 12.3. The van der Waals surface area contributed by atoms with Crippen molar-refractivity contribution in [3.8, 4) is 6.07 Å². The Kier molecular flexibility index (Phi) is 3.57. The molecule has 0 aliphatic rings. The van der Waals surface area contributed by atoms with Crippen LogP contribution in [0.3, 0.4) is 0 Å². The number of benzene rings is 1. The summed E-state index contributed by atoms with van der Waals surface area (Å²) in [7, 11) is 0. The molecule has 0 amide bonds. The number of halogens is 6. The first-order valence-corrected chi connectivity index (χ1v) is 4.44. The Bertz CT molecular complexity index is 497. The van der Waals surface area contributed by atoms with E-state index < -0.39 is 41.2 Å². The van der Waals surface area contributed by atoms with E-state index in [0.717, 1.165) is 6.07 Å². The summed E-state index contributed by atoms with van der Waals surface area (Å²) in [6.45, 7) is -1.46. The summed E-state index contributed by atoms with van der Waals surface area (Å²) in [6.07, 6.45) is -10.2. The van der Waals surface area contributed by atoms with E-state index in [4.69, 9.17) is 10.4 Å². The van der Waals surface area contributed by atoms with Crippen molar-refractivity contribution in [2.45, 2.75) is 19.0 Å². The van der Waals surface area contributed by atoms with Crippen LogP contribution in [0.2, 0.25) is 0 Å². The van der Waals surface area contributed by atoms with Gasteiger partial charge in [0, 0.05) is 5.56 Å². The summed E-state index contributed by atoms with van der Waals surface area (Å²) >= 11 is 0. The molecule has 0 saturated carbocycles. The van der Waals surface area contributed by atoms with E-state index in [1.807, 2.05) is 0 Å². The van der Waals surface area contributed by atoms with Gasteiger partial charge >= 0.3 is 12.4 Å². The second-order valence-electron chi connectivity index (χ2n) is 3.28. The van der Waals surface area contributed by atoms with E-state index in [2.05, 4.69) is 0 Å². The summed E-state index contributed by atoms with van der Waals surface area (Å²) in [4.78, 5) is 0. The van der Waals surface area contributed by atoms with Crippen LogP contribution in [0.25, 0.3) is 0 Å². The Morgan fingerprint density at radius 2 is 1.61 bits per heavy atom. The third kappa shape index (κ3) is 2.56. The minimum Gasteiger partial charge on any atom is -0.392 e. The fourth-order valence-electron chi connectivity index (χ4n) is 1.49. The first-order chi connectivity index (χ1) is 8.12. The molecule has 18 heavy (non-hydrogen) atoms. The maximum Gasteiger partial charge on any atom is 0.418 e. The molecule has 2 nitrogen and oxygen atoms in total. The molecule has 1 aromatic carbocycles. The van der Waals surface area contributed by atoms with Gasteiger partial charge in [0.1, 0.15) is 0 Å². The number of rotatable bonds is 1. The molecule has 0 fully saturated rings. The van der Waals surface area contributed by atoms with Crippen LogP contribution >= 0.6 is 0 Å². The zero-order valence-corrected chi connectivity index (χ0v) is 8.52. The van der Waals surface area contributed by atoms with Gasteiger partial charge < -0.3 is 5.11 Å². The molecule has 0 aromatic heterocycles. The van der Waals surface area contributed by atoms with Gasteiger partial charge in [-0.25, -0.2) is 0 Å². The molecular weight excluding hydrogens is 264 g/mol. The minimum atomic E-state index is -5.15. The molecule has 1 N–H and O–H groups in total. The summed E-state index contributed by atoms with van der Waals surface area (Å²) in [6, 6.07) is 1.94. The SMILES string of the molecule is N#Cc1ccc(C(F)(F)F)c(CO)c1C(F)(F)F. The quantitative estimate of drug-likeness (QED) is 0.796. The van der Waals surface area contributed by atoms with Crippen LogP contribution in [0.1, 0.15) is 22.3 Å². The summed E-state index contributed by atoms with van der Waals surface area (Å²) in [5.74, 6) is 0. The first kappa shape index (κ1) is 14.3. The van der Waals surface area contributed by atoms with Gasteiger partial charge in [-0.1, -0.05) is 0 Å². The largest absolute Gasteiger partial charge is 0.418 e. The van der Waals surface area contributed by atoms with Crippen LogP contribution in [-0.2, 0) is 19.0 Å². The fourth-order valence-corrected chi connectivity index (χ4v) is 1.49. The van der Waals surface area contributed by atoms with E-state index >= 15 is 0 Å². The minimum absolute atomic E-state index is 0.347. The molecule has 8 heteroatoms. The molecular formula is C10H5F6NO. The van der Waals surface area contributed by atoms with Gasteiger partial charge in [0.15, 0.2) is 0 Å². The standard InChI is InChI=1S/C10H5F6NO/c11-9(12,13)7-2-1-5(3-17)8(6(7)4-18)10(14,15)16/h1-2,18H,4H2. The molecule has 0 unspecified atom stereocenters. The summed E-state index contributed by atoms with van der Waals surface area (Å²) < 4.78 is 75.3. The topological polar surface area (TPSA) is 44.0 Å². The summed E-state index contributed by atoms with van der Waals surface area (Å²) in [5, 5.41) is 17.2. The predicted octanol–water partition coefficient (Wildman–Crippen LogP) is 3.09. The van der Waals surface area contributed by atoms with Gasteiger partial charge in [-0.2, -0.15) is 31.6 Å². The number of aliphatic hydroxyl groups excluding tert-OH is 1. The number of nitriles is 1. The molecule has 98 valence electrons. The molecule has 1 rings (SSSR count). The third-order valence-corrected chi connectivity index (χ3v) is 2.18. The second-order valence-corrected chi connectivity index (χ2v) is 3.28. The molecule has 0 bridgehead atoms. The maximum atomic E-state index is 12.6. The van der Waals surface area contributed by atoms with E-state index in [9.17, 15) is 26.3 Å². The van der Waals surface area contributed by atoms with Crippen molar-refractivity contribution < 1.29 is 31.4 Å². The number of aliphatic hydroxyl groups is 1. The zero-order valence-electron chi connectivity index (χ0n) is 8.52. The Morgan fingerprint density at radius 1 is 1.06 bits per heavy atom. The lowest BCUT2D eigenvalue weighted by atomic mass is 9.96. The van der Waals surface area contributed by atoms with Crippen LogP contribution in [0, 0.1) is 11.3 Å². The van der Waals surface area contributed by atoms with Crippen LogP contribution in [0.15, 0.2) is 12.1 Å². The zero-order chi connectivity index (χ0) is 14.1. The predicted molar refractivity (Wildman–Crippen MR) is 47.1 cm³/mol. The lowest BCUT2D eigenvalue weighted by Gasteiger charge is -2.18. The molecule has 0 aliphatic heterocycles. The monoisotopic (exact) mass is 269 g/mol. The molecule has 0 saturated heterocycles. The van der Waals surface area contributed by atoms with Crippen LogP contribution < -0.4 is 0 Å². The molecule has 0 atom stereocenters. The summed E-state index contributed by atoms with van der Waals surface area (Å²) in [5.41, 5.74) is -5.65. The highest BCUT2D eigenvalue weighted by Gasteiger charge is 2.42. The van der Waals surface area contributed by atoms with Gasteiger partial charge in [-0.05, 0) is 12.1 Å². The average molecular weight is 269 g/mol. The van der Waals surface area contributed by atoms with Gasteiger partial charge in [0.2, 0.25) is 0 Å². The van der Waals surface area contributed by atoms with E-state index in [-0.39, 0.29) is 0 Å². The van der Waals surface area contributed by atoms with Crippen molar-refractivity contribution in [3.63, 3.8) is 0 Å². The van der Waals surface area contributed by atoms with Gasteiger partial charge in [-0.3, -0.25) is 0 Å². The second kappa shape index (κ2) is 4.49. The highest BCUT2D eigenvalue weighted by atomic mass is 19.4. The number of hydrogen-bond donors (Lipinski definition) is 1. The Morgan fingerprint density at radius 3 is 1.94 bits per heavy atom. The third-order valence-electron chi connectivity index (χ3n) is 2.18. The van der Waals surface area contributed by atoms with Gasteiger partial charge in [0.25, 0.3) is 0 Å². The molecule has 0 radical (unpaired) electrons. The lowest BCUT2D eigenvalue weighted by Crippen LogP contribution is -2.18. The number of alkyl halides is 6. The van der Waals surface area contributed by atoms with E-state index in [1.54, 1.807) is 0 Å². The Balaban J connectivity index is 3.71. The molecule has 1 aromatic rings. The van der Waals surface area contributed by atoms with E-state index in [0.29, 0.717) is 12.1 Å². The average Bonchev–Trinajstić information content (AvgIpc) is 2.24. The van der Waals surface area contributed by atoms with Gasteiger partial charge in [0.05, 0.1) is 29.4 Å². The number of hydrogen-bond acceptors (Lipinski definition) is 2. The van der Waals surface area contributed by atoms with Crippen molar-refractivity contribution in [2.24, 2.45) is 0 Å². The highest BCUT2D eigenvalue weighted by molar-refractivity contribution is 5.49. The smallest absolute Gasteiger partial charge is 0.392 e. The maximum absolute atomic E-state index is 12.6. The molecule has 0 aliphatic carbocycles.